The quantitative estimate of drug-likeness (QED) is 0.791. The predicted octanol–water partition coefficient (Wildman–Crippen LogP) is 2.47. The summed E-state index contributed by atoms with van der Waals surface area (Å²) >= 11 is 0. The zero-order valence-electron chi connectivity index (χ0n) is 12.3. The maximum Gasteiger partial charge on any atom is 0.307 e. The minimum absolute atomic E-state index is 0.0334. The van der Waals surface area contributed by atoms with Crippen molar-refractivity contribution in [3.8, 4) is 0 Å². The van der Waals surface area contributed by atoms with Crippen molar-refractivity contribution >= 4 is 11.9 Å². The van der Waals surface area contributed by atoms with Crippen LogP contribution in [0.25, 0.3) is 0 Å². The van der Waals surface area contributed by atoms with Crippen LogP contribution in [0, 0.1) is 23.7 Å². The van der Waals surface area contributed by atoms with E-state index in [9.17, 15) is 14.7 Å². The number of carbonyl (C=O) groups is 2. The van der Waals surface area contributed by atoms with E-state index in [1.807, 2.05) is 17.1 Å². The first-order valence-electron chi connectivity index (χ1n) is 7.96. The summed E-state index contributed by atoms with van der Waals surface area (Å²) in [5, 5.41) is 9.51. The molecule has 3 aliphatic carbocycles. The van der Waals surface area contributed by atoms with Crippen LogP contribution >= 0.6 is 0 Å². The lowest BCUT2D eigenvalue weighted by Gasteiger charge is -2.34. The Morgan fingerprint density at radius 2 is 1.81 bits per heavy atom. The smallest absolute Gasteiger partial charge is 0.307 e. The van der Waals surface area contributed by atoms with Gasteiger partial charge in [0, 0.05) is 12.6 Å². The van der Waals surface area contributed by atoms with E-state index in [-0.39, 0.29) is 29.7 Å². The maximum atomic E-state index is 13.0. The summed E-state index contributed by atoms with van der Waals surface area (Å²) in [5.74, 6) is -1.56. The van der Waals surface area contributed by atoms with E-state index < -0.39 is 11.9 Å². The van der Waals surface area contributed by atoms with E-state index in [1.54, 1.807) is 6.08 Å². The van der Waals surface area contributed by atoms with Crippen LogP contribution in [-0.2, 0) is 9.59 Å². The summed E-state index contributed by atoms with van der Waals surface area (Å²) in [6.07, 6.45) is 11.0. The molecule has 0 heterocycles. The van der Waals surface area contributed by atoms with Gasteiger partial charge in [0.15, 0.2) is 0 Å². The molecular formula is C17H23NO3. The van der Waals surface area contributed by atoms with E-state index in [2.05, 4.69) is 6.58 Å². The number of carbonyl (C=O) groups excluding carboxylic acids is 1. The van der Waals surface area contributed by atoms with E-state index in [4.69, 9.17) is 0 Å². The number of aliphatic carboxylic acids is 1. The van der Waals surface area contributed by atoms with Crippen molar-refractivity contribution in [2.45, 2.75) is 38.1 Å². The fraction of sp³-hybridized carbons (Fsp3) is 0.647. The van der Waals surface area contributed by atoms with Gasteiger partial charge in [-0.1, -0.05) is 31.1 Å². The molecule has 2 fully saturated rings. The molecule has 3 aliphatic rings. The summed E-state index contributed by atoms with van der Waals surface area (Å²) in [6, 6.07) is 0.271. The number of nitrogens with zero attached hydrogens (tertiary/aromatic N) is 1. The summed E-state index contributed by atoms with van der Waals surface area (Å²) in [6.45, 7) is 4.29. The number of hydrogen-bond donors (Lipinski definition) is 1. The monoisotopic (exact) mass is 289 g/mol. The van der Waals surface area contributed by atoms with Crippen LogP contribution in [0.1, 0.15) is 32.1 Å². The molecule has 0 saturated heterocycles. The average molecular weight is 289 g/mol. The van der Waals surface area contributed by atoms with Crippen LogP contribution < -0.4 is 0 Å². The van der Waals surface area contributed by atoms with Crippen LogP contribution in [0.15, 0.2) is 24.8 Å². The minimum atomic E-state index is -0.824. The van der Waals surface area contributed by atoms with E-state index in [0.29, 0.717) is 6.54 Å². The van der Waals surface area contributed by atoms with Crippen LogP contribution in [0.3, 0.4) is 0 Å². The van der Waals surface area contributed by atoms with Gasteiger partial charge >= 0.3 is 5.97 Å². The molecule has 1 N–H and O–H groups in total. The second-order valence-electron chi connectivity index (χ2n) is 6.56. The molecule has 2 unspecified atom stereocenters. The van der Waals surface area contributed by atoms with Gasteiger partial charge in [0.2, 0.25) is 5.91 Å². The number of carboxylic acids is 1. The Labute approximate surface area is 125 Å². The standard InChI is InChI=1S/C17H23NO3/c1-2-9-18(13-5-3-4-6-13)16(19)14-11-7-8-12(10-11)15(14)17(20)21/h2,7-8,11-15H,1,3-6,9-10H2,(H,20,21)/t11?,12?,14-,15+/m0/s1. The lowest BCUT2D eigenvalue weighted by atomic mass is 9.81. The van der Waals surface area contributed by atoms with Crippen molar-refractivity contribution < 1.29 is 14.7 Å². The van der Waals surface area contributed by atoms with Gasteiger partial charge in [-0.25, -0.2) is 0 Å². The molecule has 1 amide bonds. The van der Waals surface area contributed by atoms with Crippen molar-refractivity contribution in [1.29, 1.82) is 0 Å². The van der Waals surface area contributed by atoms with Crippen LogP contribution in [0.4, 0.5) is 0 Å². The number of amides is 1. The molecule has 0 spiro atoms. The van der Waals surface area contributed by atoms with Gasteiger partial charge in [-0.3, -0.25) is 9.59 Å². The van der Waals surface area contributed by atoms with E-state index >= 15 is 0 Å². The molecule has 3 rings (SSSR count). The molecule has 2 saturated carbocycles. The Balaban J connectivity index is 1.83. The molecule has 0 radical (unpaired) electrons. The van der Waals surface area contributed by atoms with Gasteiger partial charge in [-0.05, 0) is 31.1 Å². The highest BCUT2D eigenvalue weighted by Crippen LogP contribution is 2.49. The first-order valence-corrected chi connectivity index (χ1v) is 7.96. The van der Waals surface area contributed by atoms with E-state index in [0.717, 1.165) is 32.1 Å². The zero-order valence-corrected chi connectivity index (χ0v) is 12.3. The Morgan fingerprint density at radius 3 is 2.38 bits per heavy atom. The molecular weight excluding hydrogens is 266 g/mol. The number of hydrogen-bond acceptors (Lipinski definition) is 2. The summed E-state index contributed by atoms with van der Waals surface area (Å²) in [5.41, 5.74) is 0. The van der Waals surface area contributed by atoms with Crippen LogP contribution in [-0.4, -0.2) is 34.5 Å². The SMILES string of the molecule is C=CCN(C(=O)[C@H]1C2C=CC(C2)[C@H]1C(=O)O)C1CCCC1. The van der Waals surface area contributed by atoms with Crippen LogP contribution in [0.5, 0.6) is 0 Å². The molecule has 114 valence electrons. The molecule has 4 nitrogen and oxygen atoms in total. The fourth-order valence-corrected chi connectivity index (χ4v) is 4.46. The van der Waals surface area contributed by atoms with Crippen molar-refractivity contribution in [2.24, 2.45) is 23.7 Å². The third-order valence-electron chi connectivity index (χ3n) is 5.40. The predicted molar refractivity (Wildman–Crippen MR) is 79.5 cm³/mol. The Kier molecular flexibility index (Phi) is 3.87. The fourth-order valence-electron chi connectivity index (χ4n) is 4.46. The maximum absolute atomic E-state index is 13.0. The highest BCUT2D eigenvalue weighted by Gasteiger charge is 2.53. The number of rotatable bonds is 5. The van der Waals surface area contributed by atoms with Gasteiger partial charge in [-0.15, -0.1) is 6.58 Å². The summed E-state index contributed by atoms with van der Waals surface area (Å²) < 4.78 is 0. The van der Waals surface area contributed by atoms with E-state index in [1.165, 1.54) is 0 Å². The number of allylic oxidation sites excluding steroid dienone is 2. The molecule has 2 bridgehead atoms. The van der Waals surface area contributed by atoms with Gasteiger partial charge in [0.25, 0.3) is 0 Å². The number of carboxylic acid groups (broad SMARTS) is 1. The molecule has 0 aromatic rings. The third-order valence-corrected chi connectivity index (χ3v) is 5.40. The topological polar surface area (TPSA) is 57.6 Å². The second kappa shape index (κ2) is 5.66. The van der Waals surface area contributed by atoms with Crippen molar-refractivity contribution in [1.82, 2.24) is 4.90 Å². The minimum Gasteiger partial charge on any atom is -0.481 e. The molecule has 21 heavy (non-hydrogen) atoms. The largest absolute Gasteiger partial charge is 0.481 e. The van der Waals surface area contributed by atoms with Gasteiger partial charge in [0.1, 0.15) is 0 Å². The first kappa shape index (κ1) is 14.4. The third kappa shape index (κ3) is 2.41. The lowest BCUT2D eigenvalue weighted by Crippen LogP contribution is -2.46. The lowest BCUT2D eigenvalue weighted by molar-refractivity contribution is -0.151. The highest BCUT2D eigenvalue weighted by molar-refractivity contribution is 5.87. The second-order valence-corrected chi connectivity index (χ2v) is 6.56. The normalized spacial score (nSPS) is 34.3. The zero-order chi connectivity index (χ0) is 15.0. The summed E-state index contributed by atoms with van der Waals surface area (Å²) in [4.78, 5) is 26.5. The van der Waals surface area contributed by atoms with Gasteiger partial charge in [0.05, 0.1) is 11.8 Å². The Morgan fingerprint density at radius 1 is 1.19 bits per heavy atom. The molecule has 0 aromatic carbocycles. The van der Waals surface area contributed by atoms with Crippen molar-refractivity contribution in [3.05, 3.63) is 24.8 Å². The van der Waals surface area contributed by atoms with Crippen LogP contribution in [0.2, 0.25) is 0 Å². The molecule has 0 aromatic heterocycles. The average Bonchev–Trinajstić information content (AvgIpc) is 3.18. The molecule has 4 atom stereocenters. The Hall–Kier alpha value is -1.58. The van der Waals surface area contributed by atoms with Crippen molar-refractivity contribution in [3.63, 3.8) is 0 Å². The highest BCUT2D eigenvalue weighted by atomic mass is 16.4. The van der Waals surface area contributed by atoms with Crippen molar-refractivity contribution in [2.75, 3.05) is 6.54 Å². The Bertz CT molecular complexity index is 478. The molecule has 4 heteroatoms. The first-order chi connectivity index (χ1) is 10.1. The van der Waals surface area contributed by atoms with Gasteiger partial charge in [-0.2, -0.15) is 0 Å². The molecule has 0 aliphatic heterocycles. The summed E-state index contributed by atoms with van der Waals surface area (Å²) in [7, 11) is 0. The number of fused-ring (bicyclic) bond motifs is 2. The van der Waals surface area contributed by atoms with Gasteiger partial charge < -0.3 is 10.0 Å².